The Morgan fingerprint density at radius 3 is 2.11 bits per heavy atom. The van der Waals surface area contributed by atoms with Crippen LogP contribution in [0.3, 0.4) is 0 Å². The van der Waals surface area contributed by atoms with Crippen molar-refractivity contribution in [3.8, 4) is 0 Å². The van der Waals surface area contributed by atoms with Crippen molar-refractivity contribution in [2.45, 2.75) is 58.3 Å². The molecular weight excluding hydrogens is 251 g/mol. The molecule has 2 N–H and O–H groups in total. The van der Waals surface area contributed by atoms with Crippen LogP contribution in [0.1, 0.15) is 58.3 Å². The van der Waals surface area contributed by atoms with Gasteiger partial charge >= 0.3 is 5.97 Å². The van der Waals surface area contributed by atoms with Gasteiger partial charge in [0.15, 0.2) is 0 Å². The van der Waals surface area contributed by atoms with E-state index in [0.29, 0.717) is 12.8 Å². The number of rotatable bonds is 12. The molecule has 5 heteroatoms. The van der Waals surface area contributed by atoms with Crippen LogP contribution in [0.5, 0.6) is 0 Å². The van der Waals surface area contributed by atoms with E-state index in [1.807, 2.05) is 6.92 Å². The minimum atomic E-state index is -2.34. The smallest absolute Gasteiger partial charge is 0.303 e. The van der Waals surface area contributed by atoms with Crippen molar-refractivity contribution >= 4 is 19.6 Å². The topological polar surface area (TPSA) is 66.8 Å². The lowest BCUT2D eigenvalue weighted by molar-refractivity contribution is -0.137. The van der Waals surface area contributed by atoms with E-state index in [4.69, 9.17) is 9.63 Å². The quantitative estimate of drug-likeness (QED) is 0.423. The maximum atomic E-state index is 10.3. The lowest BCUT2D eigenvalue weighted by Crippen LogP contribution is -1.95. The number of hydrogen-bond acceptors (Lipinski definition) is 3. The molecule has 0 radical (unpaired) electrons. The molecule has 0 aromatic carbocycles. The largest absolute Gasteiger partial charge is 0.481 e. The molecule has 0 heterocycles. The number of unbranched alkanes of at least 4 members (excludes halogenated alkanes) is 6. The molecule has 0 saturated heterocycles. The highest BCUT2D eigenvalue weighted by atomic mass is 31.2. The van der Waals surface area contributed by atoms with Crippen LogP contribution in [-0.2, 0) is 9.32 Å². The molecule has 0 bridgehead atoms. The van der Waals surface area contributed by atoms with Crippen molar-refractivity contribution in [3.05, 3.63) is 0 Å². The molecule has 0 aliphatic heterocycles. The first-order chi connectivity index (χ1) is 8.48. The molecule has 4 nitrogen and oxygen atoms in total. The van der Waals surface area contributed by atoms with Crippen LogP contribution in [0.4, 0.5) is 0 Å². The highest BCUT2D eigenvalue weighted by molar-refractivity contribution is 7.63. The molecule has 1 unspecified atom stereocenters. The molecule has 0 saturated carbocycles. The predicted octanol–water partition coefficient (Wildman–Crippen LogP) is 3.50. The first kappa shape index (κ1) is 17.7. The van der Waals surface area contributed by atoms with E-state index in [1.54, 1.807) is 0 Å². The van der Waals surface area contributed by atoms with Crippen molar-refractivity contribution in [2.24, 2.45) is 0 Å². The molecule has 0 aliphatic rings. The Morgan fingerprint density at radius 2 is 1.61 bits per heavy atom. The molecule has 108 valence electrons. The van der Waals surface area contributed by atoms with E-state index in [1.165, 1.54) is 0 Å². The first-order valence-electron chi connectivity index (χ1n) is 6.79. The van der Waals surface area contributed by atoms with Gasteiger partial charge in [-0.1, -0.05) is 38.4 Å². The average Bonchev–Trinajstić information content (AvgIpc) is 2.26. The van der Waals surface area contributed by atoms with Gasteiger partial charge in [0.2, 0.25) is 0 Å². The van der Waals surface area contributed by atoms with Crippen LogP contribution in [0.15, 0.2) is 0 Å². The van der Waals surface area contributed by atoms with Crippen LogP contribution in [-0.4, -0.2) is 35.0 Å². The Kier molecular flexibility index (Phi) is 10.4. The summed E-state index contributed by atoms with van der Waals surface area (Å²) in [5, 5.41) is 8.47. The summed E-state index contributed by atoms with van der Waals surface area (Å²) in [5.41, 5.74) is 0. The van der Waals surface area contributed by atoms with Crippen molar-refractivity contribution < 1.29 is 19.3 Å². The number of carbonyl (C=O) groups is 1. The molecule has 1 atom stereocenters. The molecule has 0 rings (SSSR count). The molecule has 0 aromatic heterocycles. The fourth-order valence-electron chi connectivity index (χ4n) is 1.82. The van der Waals surface area contributed by atoms with Crippen LogP contribution >= 0.6 is 7.34 Å². The summed E-state index contributed by atoms with van der Waals surface area (Å²) in [6.45, 7) is 2.39. The number of aliphatic carboxylic acids is 1. The number of carboxylic acid groups (broad SMARTS) is 1. The molecule has 0 aliphatic carbocycles. The summed E-state index contributed by atoms with van der Waals surface area (Å²) in [5.74, 6) is -0.704. The van der Waals surface area contributed by atoms with E-state index in [-0.39, 0.29) is 6.42 Å². The average molecular weight is 278 g/mol. The van der Waals surface area contributed by atoms with E-state index in [2.05, 4.69) is 6.30 Å². The number of carboxylic acids is 1. The maximum absolute atomic E-state index is 10.3. The van der Waals surface area contributed by atoms with Crippen LogP contribution in [0, 0.1) is 0 Å². The van der Waals surface area contributed by atoms with Gasteiger partial charge in [-0.05, 0) is 19.8 Å². The van der Waals surface area contributed by atoms with Crippen molar-refractivity contribution in [1.29, 1.82) is 0 Å². The van der Waals surface area contributed by atoms with Crippen LogP contribution in [0.25, 0.3) is 0 Å². The SMILES string of the molecule is C=P(O)(CCCCCCCCCC(=O)O)OCC. The minimum Gasteiger partial charge on any atom is -0.481 e. The Bertz CT molecular complexity index is 266. The van der Waals surface area contributed by atoms with Crippen molar-refractivity contribution in [2.75, 3.05) is 12.8 Å². The maximum Gasteiger partial charge on any atom is 0.303 e. The monoisotopic (exact) mass is 278 g/mol. The molecular formula is C13H27O4P. The second kappa shape index (κ2) is 10.6. The van der Waals surface area contributed by atoms with Gasteiger partial charge in [-0.3, -0.25) is 4.79 Å². The van der Waals surface area contributed by atoms with Gasteiger partial charge in [-0.15, -0.1) is 0 Å². The molecule has 0 fully saturated rings. The van der Waals surface area contributed by atoms with Crippen LogP contribution < -0.4 is 0 Å². The molecule has 0 aromatic rings. The van der Waals surface area contributed by atoms with E-state index >= 15 is 0 Å². The van der Waals surface area contributed by atoms with Gasteiger partial charge < -0.3 is 14.5 Å². The Balaban J connectivity index is 3.26. The normalized spacial score (nSPS) is 14.3. The van der Waals surface area contributed by atoms with E-state index in [9.17, 15) is 9.69 Å². The Labute approximate surface area is 110 Å². The Morgan fingerprint density at radius 1 is 1.11 bits per heavy atom. The third kappa shape index (κ3) is 12.2. The summed E-state index contributed by atoms with van der Waals surface area (Å²) >= 11 is 0. The zero-order valence-corrected chi connectivity index (χ0v) is 12.3. The van der Waals surface area contributed by atoms with E-state index in [0.717, 1.165) is 44.9 Å². The fourth-order valence-corrected chi connectivity index (χ4v) is 3.15. The van der Waals surface area contributed by atoms with Gasteiger partial charge in [0, 0.05) is 12.6 Å². The zero-order valence-electron chi connectivity index (χ0n) is 11.4. The third-order valence-electron chi connectivity index (χ3n) is 2.77. The van der Waals surface area contributed by atoms with Crippen molar-refractivity contribution in [1.82, 2.24) is 0 Å². The lowest BCUT2D eigenvalue weighted by atomic mass is 10.1. The van der Waals surface area contributed by atoms with Gasteiger partial charge in [-0.2, -0.15) is 0 Å². The summed E-state index contributed by atoms with van der Waals surface area (Å²) in [6, 6.07) is 0. The predicted molar refractivity (Wildman–Crippen MR) is 77.3 cm³/mol. The van der Waals surface area contributed by atoms with Gasteiger partial charge in [0.1, 0.15) is 7.34 Å². The first-order valence-corrected chi connectivity index (χ1v) is 8.82. The van der Waals surface area contributed by atoms with Crippen molar-refractivity contribution in [3.63, 3.8) is 0 Å². The summed E-state index contributed by atoms with van der Waals surface area (Å²) in [4.78, 5) is 20.0. The second-order valence-electron chi connectivity index (χ2n) is 4.61. The van der Waals surface area contributed by atoms with Gasteiger partial charge in [0.25, 0.3) is 0 Å². The molecule has 0 amide bonds. The third-order valence-corrected chi connectivity index (χ3v) is 4.52. The molecule has 18 heavy (non-hydrogen) atoms. The summed E-state index contributed by atoms with van der Waals surface area (Å²) in [6.07, 6.45) is 11.9. The van der Waals surface area contributed by atoms with Gasteiger partial charge in [0.05, 0.1) is 6.61 Å². The van der Waals surface area contributed by atoms with Gasteiger partial charge in [-0.25, -0.2) is 0 Å². The Hall–Kier alpha value is -0.310. The van der Waals surface area contributed by atoms with E-state index < -0.39 is 13.3 Å². The minimum absolute atomic E-state index is 0.285. The highest BCUT2D eigenvalue weighted by Crippen LogP contribution is 2.41. The highest BCUT2D eigenvalue weighted by Gasteiger charge is 2.08. The molecule has 0 spiro atoms. The second-order valence-corrected chi connectivity index (χ2v) is 7.00. The number of hydrogen-bond donors (Lipinski definition) is 2. The fraction of sp³-hybridized carbons (Fsp3) is 0.846. The lowest BCUT2D eigenvalue weighted by Gasteiger charge is -2.16. The summed E-state index contributed by atoms with van der Waals surface area (Å²) in [7, 11) is -2.34. The zero-order chi connectivity index (χ0) is 13.9. The standard InChI is InChI=1S/C13H27O4P/c1-3-17-18(2,16)12-10-8-6-4-5-7-9-11-13(14)15/h16H,2-12H2,1H3,(H,14,15). The van der Waals surface area contributed by atoms with Crippen LogP contribution in [0.2, 0.25) is 0 Å². The summed E-state index contributed by atoms with van der Waals surface area (Å²) < 4.78 is 5.21.